The molecule has 2 rings (SSSR count). The second-order valence-electron chi connectivity index (χ2n) is 5.63. The maximum absolute atomic E-state index is 11.9. The minimum atomic E-state index is -0.931. The molecule has 0 bridgehead atoms. The molecule has 0 aromatic heterocycles. The molecule has 0 fully saturated rings. The third-order valence-electron chi connectivity index (χ3n) is 3.79. The maximum Gasteiger partial charge on any atom is 0.317 e. The number of aliphatic hydroxyl groups is 1. The number of amides is 2. The number of nitrogens with one attached hydrogen (secondary N) is 1. The topological polar surface area (TPSA) is 85.6 Å². The minimum absolute atomic E-state index is 0.310. The maximum atomic E-state index is 11.9. The summed E-state index contributed by atoms with van der Waals surface area (Å²) in [6.07, 6.45) is -0.931. The van der Waals surface area contributed by atoms with E-state index in [0.717, 1.165) is 0 Å². The van der Waals surface area contributed by atoms with Gasteiger partial charge >= 0.3 is 6.03 Å². The molecule has 2 amide bonds. The van der Waals surface area contributed by atoms with E-state index in [4.69, 9.17) is 10.00 Å². The quantitative estimate of drug-likeness (QED) is 0.818. The summed E-state index contributed by atoms with van der Waals surface area (Å²) in [7, 11) is 3.14. The van der Waals surface area contributed by atoms with E-state index in [1.807, 2.05) is 19.9 Å². The SMILES string of the molecule is CNC(=O)N(C)C1C(O)c2cc(C#N)ccc2OC1(C)C. The van der Waals surface area contributed by atoms with Gasteiger partial charge in [-0.05, 0) is 32.0 Å². The number of aliphatic hydroxyl groups excluding tert-OH is 1. The van der Waals surface area contributed by atoms with Crippen LogP contribution < -0.4 is 10.1 Å². The Morgan fingerprint density at radius 2 is 2.19 bits per heavy atom. The molecule has 0 spiro atoms. The average Bonchev–Trinajstić information content (AvgIpc) is 2.45. The van der Waals surface area contributed by atoms with Gasteiger partial charge < -0.3 is 20.1 Å². The van der Waals surface area contributed by atoms with Gasteiger partial charge in [0.05, 0.1) is 11.6 Å². The van der Waals surface area contributed by atoms with Crippen molar-refractivity contribution in [3.63, 3.8) is 0 Å². The zero-order chi connectivity index (χ0) is 15.8. The summed E-state index contributed by atoms with van der Waals surface area (Å²) in [5.41, 5.74) is 0.202. The number of nitrogens with zero attached hydrogens (tertiary/aromatic N) is 2. The van der Waals surface area contributed by atoms with E-state index >= 15 is 0 Å². The van der Waals surface area contributed by atoms with Crippen LogP contribution in [-0.4, -0.2) is 41.8 Å². The van der Waals surface area contributed by atoms with Crippen molar-refractivity contribution in [1.29, 1.82) is 5.26 Å². The monoisotopic (exact) mass is 289 g/mol. The highest BCUT2D eigenvalue weighted by molar-refractivity contribution is 5.74. The molecular weight excluding hydrogens is 270 g/mol. The molecule has 2 unspecified atom stereocenters. The van der Waals surface area contributed by atoms with Crippen molar-refractivity contribution in [3.8, 4) is 11.8 Å². The van der Waals surface area contributed by atoms with Gasteiger partial charge in [-0.25, -0.2) is 4.79 Å². The summed E-state index contributed by atoms with van der Waals surface area (Å²) in [6, 6.07) is 6.07. The van der Waals surface area contributed by atoms with Crippen molar-refractivity contribution < 1.29 is 14.6 Å². The Hall–Kier alpha value is -2.26. The molecule has 6 nitrogen and oxygen atoms in total. The summed E-state index contributed by atoms with van der Waals surface area (Å²) < 4.78 is 5.93. The molecule has 0 saturated heterocycles. The molecule has 2 atom stereocenters. The Bertz CT molecular complexity index is 607. The number of carbonyl (C=O) groups is 1. The fourth-order valence-electron chi connectivity index (χ4n) is 2.82. The van der Waals surface area contributed by atoms with Crippen LogP contribution in [0.5, 0.6) is 5.75 Å². The first-order valence-electron chi connectivity index (χ1n) is 6.67. The molecule has 0 saturated carbocycles. The fourth-order valence-corrected chi connectivity index (χ4v) is 2.82. The number of likely N-dealkylation sites (N-methyl/N-ethyl adjacent to an activating group) is 1. The molecule has 1 aliphatic rings. The number of rotatable bonds is 1. The summed E-state index contributed by atoms with van der Waals surface area (Å²) in [6.45, 7) is 3.64. The van der Waals surface area contributed by atoms with E-state index in [9.17, 15) is 9.90 Å². The first-order chi connectivity index (χ1) is 9.81. The molecule has 1 aromatic carbocycles. The van der Waals surface area contributed by atoms with Gasteiger partial charge in [-0.2, -0.15) is 5.26 Å². The van der Waals surface area contributed by atoms with Crippen molar-refractivity contribution in [1.82, 2.24) is 10.2 Å². The van der Waals surface area contributed by atoms with E-state index in [-0.39, 0.29) is 6.03 Å². The molecular formula is C15H19N3O3. The number of benzene rings is 1. The fraction of sp³-hybridized carbons (Fsp3) is 0.467. The highest BCUT2D eigenvalue weighted by atomic mass is 16.5. The molecule has 2 N–H and O–H groups in total. The van der Waals surface area contributed by atoms with Crippen LogP contribution in [0.2, 0.25) is 0 Å². The Labute approximate surface area is 123 Å². The zero-order valence-electron chi connectivity index (χ0n) is 12.5. The molecule has 0 radical (unpaired) electrons. The Balaban J connectivity index is 2.48. The highest BCUT2D eigenvalue weighted by Gasteiger charge is 2.46. The van der Waals surface area contributed by atoms with Crippen LogP contribution in [0.25, 0.3) is 0 Å². The van der Waals surface area contributed by atoms with Crippen molar-refractivity contribution in [3.05, 3.63) is 29.3 Å². The lowest BCUT2D eigenvalue weighted by Gasteiger charge is -2.46. The van der Waals surface area contributed by atoms with Crippen molar-refractivity contribution in [2.24, 2.45) is 0 Å². The van der Waals surface area contributed by atoms with Crippen LogP contribution in [0.3, 0.4) is 0 Å². The van der Waals surface area contributed by atoms with Gasteiger partial charge in [-0.3, -0.25) is 0 Å². The van der Waals surface area contributed by atoms with Crippen molar-refractivity contribution in [2.45, 2.75) is 31.6 Å². The minimum Gasteiger partial charge on any atom is -0.485 e. The van der Waals surface area contributed by atoms with Gasteiger partial charge in [0.15, 0.2) is 0 Å². The molecule has 1 aromatic rings. The predicted octanol–water partition coefficient (Wildman–Crippen LogP) is 1.40. The lowest BCUT2D eigenvalue weighted by atomic mass is 9.84. The third kappa shape index (κ3) is 2.52. The Kier molecular flexibility index (Phi) is 3.79. The van der Waals surface area contributed by atoms with Gasteiger partial charge in [0, 0.05) is 19.7 Å². The summed E-state index contributed by atoms with van der Waals surface area (Å²) in [5, 5.41) is 22.2. The van der Waals surface area contributed by atoms with Crippen molar-refractivity contribution in [2.75, 3.05) is 14.1 Å². The van der Waals surface area contributed by atoms with Crippen LogP contribution in [0.1, 0.15) is 31.1 Å². The Morgan fingerprint density at radius 3 is 2.76 bits per heavy atom. The number of urea groups is 1. The second-order valence-corrected chi connectivity index (χ2v) is 5.63. The number of carbonyl (C=O) groups excluding carboxylic acids is 1. The molecule has 21 heavy (non-hydrogen) atoms. The van der Waals surface area contributed by atoms with Gasteiger partial charge in [-0.1, -0.05) is 0 Å². The molecule has 1 aliphatic heterocycles. The lowest BCUT2D eigenvalue weighted by Crippen LogP contribution is -2.59. The molecule has 112 valence electrons. The Morgan fingerprint density at radius 1 is 1.52 bits per heavy atom. The molecule has 0 aliphatic carbocycles. The van der Waals surface area contributed by atoms with E-state index < -0.39 is 17.7 Å². The van der Waals surface area contributed by atoms with E-state index in [0.29, 0.717) is 16.9 Å². The van der Waals surface area contributed by atoms with E-state index in [2.05, 4.69) is 5.32 Å². The van der Waals surface area contributed by atoms with E-state index in [1.54, 1.807) is 25.2 Å². The number of fused-ring (bicyclic) bond motifs is 1. The number of ether oxygens (including phenoxy) is 1. The largest absolute Gasteiger partial charge is 0.485 e. The second kappa shape index (κ2) is 5.26. The molecule has 1 heterocycles. The van der Waals surface area contributed by atoms with E-state index in [1.165, 1.54) is 11.9 Å². The van der Waals surface area contributed by atoms with Crippen LogP contribution in [0.15, 0.2) is 18.2 Å². The van der Waals surface area contributed by atoms with Gasteiger partial charge in [0.25, 0.3) is 0 Å². The van der Waals surface area contributed by atoms with Crippen LogP contribution in [0, 0.1) is 11.3 Å². The van der Waals surface area contributed by atoms with Crippen LogP contribution in [-0.2, 0) is 0 Å². The summed E-state index contributed by atoms with van der Waals surface area (Å²) in [4.78, 5) is 13.3. The first kappa shape index (κ1) is 15.1. The third-order valence-corrected chi connectivity index (χ3v) is 3.79. The molecule has 6 heteroatoms. The summed E-state index contributed by atoms with van der Waals surface area (Å²) >= 11 is 0. The number of nitriles is 1. The first-order valence-corrected chi connectivity index (χ1v) is 6.67. The normalized spacial score (nSPS) is 22.5. The van der Waals surface area contributed by atoms with Crippen LogP contribution in [0.4, 0.5) is 4.79 Å². The highest BCUT2D eigenvalue weighted by Crippen LogP contribution is 2.42. The lowest BCUT2D eigenvalue weighted by molar-refractivity contribution is -0.0614. The number of hydrogen-bond acceptors (Lipinski definition) is 4. The van der Waals surface area contributed by atoms with Gasteiger partial charge in [-0.15, -0.1) is 0 Å². The van der Waals surface area contributed by atoms with Gasteiger partial charge in [0.2, 0.25) is 0 Å². The summed E-state index contributed by atoms with van der Waals surface area (Å²) in [5.74, 6) is 0.535. The zero-order valence-corrected chi connectivity index (χ0v) is 12.5. The van der Waals surface area contributed by atoms with Crippen LogP contribution >= 0.6 is 0 Å². The predicted molar refractivity (Wildman–Crippen MR) is 76.8 cm³/mol. The standard InChI is InChI=1S/C15H19N3O3/c1-15(2)13(18(4)14(20)17-3)12(19)10-7-9(8-16)5-6-11(10)21-15/h5-7,12-13,19H,1-4H3,(H,17,20). The smallest absolute Gasteiger partial charge is 0.317 e. The number of hydrogen-bond donors (Lipinski definition) is 2. The average molecular weight is 289 g/mol. The van der Waals surface area contributed by atoms with Gasteiger partial charge in [0.1, 0.15) is 23.5 Å². The van der Waals surface area contributed by atoms with Crippen molar-refractivity contribution >= 4 is 6.03 Å².